The second kappa shape index (κ2) is 4.18. The van der Waals surface area contributed by atoms with Crippen molar-refractivity contribution in [2.45, 2.75) is 6.23 Å². The largest absolute Gasteiger partial charge is 0.360 e. The molecular formula is C9H14N2O. The molecule has 0 bridgehead atoms. The van der Waals surface area contributed by atoms with Gasteiger partial charge in [0.1, 0.15) is 0 Å². The van der Waals surface area contributed by atoms with Crippen LogP contribution in [0.4, 0.5) is 0 Å². The van der Waals surface area contributed by atoms with E-state index in [0.717, 1.165) is 5.69 Å². The Morgan fingerprint density at radius 1 is 1.42 bits per heavy atom. The third kappa shape index (κ3) is 2.03. The Hall–Kier alpha value is -0.930. The molecule has 1 rings (SSSR count). The van der Waals surface area contributed by atoms with Gasteiger partial charge in [-0.25, -0.2) is 0 Å². The summed E-state index contributed by atoms with van der Waals surface area (Å²) in [7, 11) is 5.60. The summed E-state index contributed by atoms with van der Waals surface area (Å²) in [6, 6.07) is 5.80. The quantitative estimate of drug-likeness (QED) is 0.633. The zero-order valence-corrected chi connectivity index (χ0v) is 7.69. The molecule has 3 heteroatoms. The van der Waals surface area contributed by atoms with Crippen LogP contribution in [0.15, 0.2) is 24.4 Å². The molecule has 12 heavy (non-hydrogen) atoms. The molecule has 1 aromatic rings. The summed E-state index contributed by atoms with van der Waals surface area (Å²) >= 11 is 0. The Labute approximate surface area is 73.0 Å². The van der Waals surface area contributed by atoms with Crippen LogP contribution in [0.5, 0.6) is 0 Å². The average molecular weight is 166 g/mol. The molecule has 0 N–H and O–H groups in total. The van der Waals surface area contributed by atoms with E-state index in [0.29, 0.717) is 0 Å². The maximum Gasteiger partial charge on any atom is 0.152 e. The van der Waals surface area contributed by atoms with Crippen LogP contribution in [0, 0.1) is 0 Å². The molecule has 0 aromatic carbocycles. The molecule has 1 unspecified atom stereocenters. The van der Waals surface area contributed by atoms with E-state index in [1.807, 2.05) is 37.2 Å². The Bertz CT molecular complexity index is 223. The second-order valence-electron chi connectivity index (χ2n) is 2.81. The van der Waals surface area contributed by atoms with Gasteiger partial charge in [0.05, 0.1) is 5.69 Å². The van der Waals surface area contributed by atoms with Crippen LogP contribution in [0.1, 0.15) is 11.9 Å². The minimum atomic E-state index is -0.0498. The van der Waals surface area contributed by atoms with Crippen LogP contribution < -0.4 is 0 Å². The Morgan fingerprint density at radius 3 is 2.58 bits per heavy atom. The smallest absolute Gasteiger partial charge is 0.152 e. The van der Waals surface area contributed by atoms with Gasteiger partial charge in [-0.2, -0.15) is 0 Å². The zero-order valence-electron chi connectivity index (χ0n) is 7.69. The fourth-order valence-corrected chi connectivity index (χ4v) is 1.12. The van der Waals surface area contributed by atoms with Crippen molar-refractivity contribution in [2.75, 3.05) is 21.2 Å². The van der Waals surface area contributed by atoms with E-state index in [-0.39, 0.29) is 6.23 Å². The summed E-state index contributed by atoms with van der Waals surface area (Å²) < 4.78 is 5.26. The van der Waals surface area contributed by atoms with Gasteiger partial charge in [-0.05, 0) is 26.2 Å². The second-order valence-corrected chi connectivity index (χ2v) is 2.81. The highest BCUT2D eigenvalue weighted by molar-refractivity contribution is 5.06. The van der Waals surface area contributed by atoms with E-state index >= 15 is 0 Å². The number of hydrogen-bond acceptors (Lipinski definition) is 3. The first kappa shape index (κ1) is 9.16. The summed E-state index contributed by atoms with van der Waals surface area (Å²) in [5.41, 5.74) is 0.935. The van der Waals surface area contributed by atoms with Gasteiger partial charge >= 0.3 is 0 Å². The summed E-state index contributed by atoms with van der Waals surface area (Å²) in [5, 5.41) is 0. The number of pyridine rings is 1. The summed E-state index contributed by atoms with van der Waals surface area (Å²) in [5.74, 6) is 0. The Morgan fingerprint density at radius 2 is 2.17 bits per heavy atom. The normalized spacial score (nSPS) is 13.3. The highest BCUT2D eigenvalue weighted by Gasteiger charge is 2.12. The highest BCUT2D eigenvalue weighted by atomic mass is 16.5. The van der Waals surface area contributed by atoms with Crippen LogP contribution in [-0.4, -0.2) is 31.1 Å². The lowest BCUT2D eigenvalue weighted by atomic mass is 10.3. The Balaban J connectivity index is 2.80. The van der Waals surface area contributed by atoms with Crippen molar-refractivity contribution in [3.05, 3.63) is 30.1 Å². The van der Waals surface area contributed by atoms with Crippen LogP contribution in [0.3, 0.4) is 0 Å². The zero-order chi connectivity index (χ0) is 8.97. The van der Waals surface area contributed by atoms with E-state index in [2.05, 4.69) is 4.98 Å². The van der Waals surface area contributed by atoms with Crippen molar-refractivity contribution in [2.24, 2.45) is 0 Å². The predicted molar refractivity (Wildman–Crippen MR) is 47.7 cm³/mol. The van der Waals surface area contributed by atoms with Crippen molar-refractivity contribution in [1.82, 2.24) is 9.88 Å². The molecule has 0 aliphatic heterocycles. The average Bonchev–Trinajstić information content (AvgIpc) is 2.07. The minimum Gasteiger partial charge on any atom is -0.360 e. The van der Waals surface area contributed by atoms with E-state index in [1.54, 1.807) is 13.3 Å². The molecule has 0 amide bonds. The number of methoxy groups -OCH3 is 1. The molecule has 1 heterocycles. The Kier molecular flexibility index (Phi) is 3.19. The van der Waals surface area contributed by atoms with Crippen molar-refractivity contribution in [3.8, 4) is 0 Å². The summed E-state index contributed by atoms with van der Waals surface area (Å²) in [6.45, 7) is 0. The number of hydrogen-bond donors (Lipinski definition) is 0. The first-order valence-electron chi connectivity index (χ1n) is 3.86. The fourth-order valence-electron chi connectivity index (χ4n) is 1.12. The van der Waals surface area contributed by atoms with Crippen LogP contribution in [0.2, 0.25) is 0 Å². The molecule has 0 aliphatic carbocycles. The molecule has 0 fully saturated rings. The SMILES string of the molecule is COC(c1ccccn1)N(C)C. The van der Waals surface area contributed by atoms with E-state index < -0.39 is 0 Å². The first-order chi connectivity index (χ1) is 5.75. The van der Waals surface area contributed by atoms with Crippen LogP contribution in [-0.2, 0) is 4.74 Å². The molecule has 1 atom stereocenters. The number of ether oxygens (including phenoxy) is 1. The van der Waals surface area contributed by atoms with Gasteiger partial charge in [0.25, 0.3) is 0 Å². The highest BCUT2D eigenvalue weighted by Crippen LogP contribution is 2.14. The molecule has 0 aliphatic rings. The van der Waals surface area contributed by atoms with Gasteiger partial charge in [0.15, 0.2) is 6.23 Å². The molecule has 0 saturated heterocycles. The van der Waals surface area contributed by atoms with E-state index in [1.165, 1.54) is 0 Å². The van der Waals surface area contributed by atoms with E-state index in [9.17, 15) is 0 Å². The van der Waals surface area contributed by atoms with Gasteiger partial charge in [0.2, 0.25) is 0 Å². The lowest BCUT2D eigenvalue weighted by Gasteiger charge is -2.21. The summed E-state index contributed by atoms with van der Waals surface area (Å²) in [4.78, 5) is 6.18. The van der Waals surface area contributed by atoms with Gasteiger partial charge in [-0.15, -0.1) is 0 Å². The molecule has 66 valence electrons. The number of aromatic nitrogens is 1. The topological polar surface area (TPSA) is 25.4 Å². The number of rotatable bonds is 3. The lowest BCUT2D eigenvalue weighted by molar-refractivity contribution is -0.00854. The molecular weight excluding hydrogens is 152 g/mol. The molecule has 0 radical (unpaired) electrons. The van der Waals surface area contributed by atoms with Crippen molar-refractivity contribution in [1.29, 1.82) is 0 Å². The summed E-state index contributed by atoms with van der Waals surface area (Å²) in [6.07, 6.45) is 1.72. The van der Waals surface area contributed by atoms with Crippen LogP contribution in [0.25, 0.3) is 0 Å². The predicted octanol–water partition coefficient (Wildman–Crippen LogP) is 1.29. The van der Waals surface area contributed by atoms with Gasteiger partial charge in [-0.1, -0.05) is 6.07 Å². The third-order valence-electron chi connectivity index (χ3n) is 1.63. The molecule has 0 spiro atoms. The van der Waals surface area contributed by atoms with Crippen molar-refractivity contribution >= 4 is 0 Å². The van der Waals surface area contributed by atoms with E-state index in [4.69, 9.17) is 4.74 Å². The first-order valence-corrected chi connectivity index (χ1v) is 3.86. The van der Waals surface area contributed by atoms with Gasteiger partial charge in [0, 0.05) is 13.3 Å². The van der Waals surface area contributed by atoms with Gasteiger partial charge < -0.3 is 4.74 Å². The number of nitrogens with zero attached hydrogens (tertiary/aromatic N) is 2. The van der Waals surface area contributed by atoms with Gasteiger partial charge in [-0.3, -0.25) is 9.88 Å². The maximum absolute atomic E-state index is 5.26. The standard InChI is InChI=1S/C9H14N2O/c1-11(2)9(12-3)8-6-4-5-7-10-8/h4-7,9H,1-3H3. The maximum atomic E-state index is 5.26. The van der Waals surface area contributed by atoms with Crippen molar-refractivity contribution in [3.63, 3.8) is 0 Å². The van der Waals surface area contributed by atoms with Crippen molar-refractivity contribution < 1.29 is 4.74 Å². The van der Waals surface area contributed by atoms with Crippen LogP contribution >= 0.6 is 0 Å². The minimum absolute atomic E-state index is 0.0498. The third-order valence-corrected chi connectivity index (χ3v) is 1.63. The molecule has 1 aromatic heterocycles. The molecule has 0 saturated carbocycles. The molecule has 3 nitrogen and oxygen atoms in total. The fraction of sp³-hybridized carbons (Fsp3) is 0.444. The lowest BCUT2D eigenvalue weighted by Crippen LogP contribution is -2.22. The monoisotopic (exact) mass is 166 g/mol.